The van der Waals surface area contributed by atoms with Crippen LogP contribution in [0.2, 0.25) is 71.5 Å². The number of benzene rings is 5. The Labute approximate surface area is 399 Å². The summed E-state index contributed by atoms with van der Waals surface area (Å²) in [6.07, 6.45) is 17.0. The lowest BCUT2D eigenvalue weighted by atomic mass is 9.99. The van der Waals surface area contributed by atoms with Crippen molar-refractivity contribution < 1.29 is 8.23 Å². The van der Waals surface area contributed by atoms with Crippen LogP contribution in [0.3, 0.4) is 0 Å². The quantitative estimate of drug-likeness (QED) is 0.0470. The van der Waals surface area contributed by atoms with E-state index in [4.69, 9.17) is 8.23 Å². The van der Waals surface area contributed by atoms with Crippen LogP contribution in [-0.2, 0) is 14.7 Å². The Kier molecular flexibility index (Phi) is 16.2. The number of aryl methyl sites for hydroxylation is 1. The Morgan fingerprint density at radius 3 is 1.42 bits per heavy atom. The summed E-state index contributed by atoms with van der Waals surface area (Å²) in [5, 5.41) is 5.49. The van der Waals surface area contributed by atoms with Gasteiger partial charge in [0.05, 0.1) is 0 Å². The van der Waals surface area contributed by atoms with Crippen LogP contribution in [0, 0.1) is 0 Å². The molecular formula is C56H78O2S2Si4. The lowest BCUT2D eigenvalue weighted by Crippen LogP contribution is -2.47. The van der Waals surface area contributed by atoms with Crippen LogP contribution in [0.25, 0.3) is 62.6 Å². The molecule has 0 aliphatic rings. The molecule has 1 unspecified atom stereocenters. The highest BCUT2D eigenvalue weighted by atomic mass is 32.1. The average Bonchev–Trinajstić information content (AvgIpc) is 3.76. The highest BCUT2D eigenvalue weighted by Crippen LogP contribution is 2.44. The van der Waals surface area contributed by atoms with E-state index in [9.17, 15) is 0 Å². The van der Waals surface area contributed by atoms with Gasteiger partial charge in [-0.2, -0.15) is 0 Å². The van der Waals surface area contributed by atoms with Gasteiger partial charge in [0.1, 0.15) is 0 Å². The van der Waals surface area contributed by atoms with Gasteiger partial charge in [-0.15, -0.1) is 22.7 Å². The van der Waals surface area contributed by atoms with Crippen molar-refractivity contribution in [3.63, 3.8) is 0 Å². The van der Waals surface area contributed by atoms with Crippen molar-refractivity contribution in [3.05, 3.63) is 108 Å². The molecule has 2 aromatic heterocycles. The normalized spacial score (nSPS) is 13.5. The van der Waals surface area contributed by atoms with E-state index in [1.165, 1.54) is 163 Å². The van der Waals surface area contributed by atoms with Gasteiger partial charge < -0.3 is 8.23 Å². The van der Waals surface area contributed by atoms with Crippen LogP contribution < -0.4 is 0 Å². The van der Waals surface area contributed by atoms with Gasteiger partial charge in [-0.1, -0.05) is 144 Å². The third-order valence-corrected chi connectivity index (χ3v) is 28.4. The molecule has 0 bridgehead atoms. The minimum atomic E-state index is -1.93. The third kappa shape index (κ3) is 13.1. The summed E-state index contributed by atoms with van der Waals surface area (Å²) in [6, 6.07) is 39.4. The maximum Gasteiger partial charge on any atom is 0.180 e. The van der Waals surface area contributed by atoms with Crippen molar-refractivity contribution in [1.29, 1.82) is 0 Å². The van der Waals surface area contributed by atoms with E-state index < -0.39 is 33.3 Å². The fraction of sp³-hybridized carbons (Fsp3) is 0.464. The molecule has 0 amide bonds. The monoisotopic (exact) mass is 958 g/mol. The second-order valence-electron chi connectivity index (χ2n) is 22.0. The molecule has 8 heteroatoms. The van der Waals surface area contributed by atoms with Crippen LogP contribution >= 0.6 is 22.7 Å². The topological polar surface area (TPSA) is 18.5 Å². The molecule has 2 heterocycles. The highest BCUT2D eigenvalue weighted by Gasteiger charge is 2.38. The summed E-state index contributed by atoms with van der Waals surface area (Å²) >= 11 is 3.88. The lowest BCUT2D eigenvalue weighted by Gasteiger charge is -2.38. The van der Waals surface area contributed by atoms with Gasteiger partial charge >= 0.3 is 0 Å². The smallest absolute Gasteiger partial charge is 0.180 e. The molecule has 5 aromatic carbocycles. The van der Waals surface area contributed by atoms with Gasteiger partial charge in [0, 0.05) is 45.9 Å². The van der Waals surface area contributed by atoms with Crippen LogP contribution in [0.4, 0.5) is 0 Å². The second kappa shape index (κ2) is 21.1. The Balaban J connectivity index is 0.986. The molecule has 64 heavy (non-hydrogen) atoms. The maximum atomic E-state index is 7.00. The number of hydrogen-bond donors (Lipinski definition) is 0. The van der Waals surface area contributed by atoms with Crippen molar-refractivity contribution in [2.75, 3.05) is 0 Å². The first-order chi connectivity index (χ1) is 30.4. The zero-order valence-electron chi connectivity index (χ0n) is 41.3. The van der Waals surface area contributed by atoms with Crippen molar-refractivity contribution in [3.8, 4) is 22.3 Å². The number of fused-ring (bicyclic) bond motifs is 6. The molecule has 0 aliphatic heterocycles. The molecule has 2 nitrogen and oxygen atoms in total. The summed E-state index contributed by atoms with van der Waals surface area (Å²) in [6.45, 7) is 26.1. The largest absolute Gasteiger partial charge is 0.456 e. The SMILES string of the molecule is CCCCCCCC(c1ccc(-c2ccc3c(c2)sc2cc4c(cc23)sc2cc(-c3ccc(CCCCCCCC[Si](C)(C)O[Si](C)(C)C)cc3)ccc24)cc1)[Si](C)(C)O[Si](C)(C)C. The first-order valence-electron chi connectivity index (χ1n) is 24.8. The minimum absolute atomic E-state index is 0.522. The van der Waals surface area contributed by atoms with E-state index in [2.05, 4.69) is 169 Å². The molecule has 0 radical (unpaired) electrons. The molecule has 7 aromatic rings. The number of rotatable bonds is 23. The fourth-order valence-electron chi connectivity index (χ4n) is 10.4. The molecule has 0 aliphatic carbocycles. The van der Waals surface area contributed by atoms with E-state index >= 15 is 0 Å². The summed E-state index contributed by atoms with van der Waals surface area (Å²) in [7, 11) is -6.49. The molecule has 342 valence electrons. The van der Waals surface area contributed by atoms with Gasteiger partial charge in [-0.05, 0) is 148 Å². The Morgan fingerprint density at radius 1 is 0.438 bits per heavy atom. The molecule has 0 N–H and O–H groups in total. The van der Waals surface area contributed by atoms with E-state index in [-0.39, 0.29) is 0 Å². The van der Waals surface area contributed by atoms with Gasteiger partial charge in [0.2, 0.25) is 0 Å². The van der Waals surface area contributed by atoms with Crippen LogP contribution in [-0.4, -0.2) is 33.3 Å². The fourth-order valence-corrected chi connectivity index (χ4v) is 29.6. The molecule has 0 saturated heterocycles. The Hall–Kier alpha value is -2.67. The molecular weight excluding hydrogens is 881 g/mol. The van der Waals surface area contributed by atoms with Crippen molar-refractivity contribution >= 4 is 96.3 Å². The average molecular weight is 960 g/mol. The van der Waals surface area contributed by atoms with E-state index in [0.29, 0.717) is 5.54 Å². The van der Waals surface area contributed by atoms with Crippen molar-refractivity contribution in [1.82, 2.24) is 0 Å². The third-order valence-electron chi connectivity index (χ3n) is 13.1. The summed E-state index contributed by atoms with van der Waals surface area (Å²) in [5.74, 6) is 0. The van der Waals surface area contributed by atoms with Gasteiger partial charge in [-0.25, -0.2) is 0 Å². The molecule has 0 spiro atoms. The molecule has 7 rings (SSSR count). The predicted molar refractivity (Wildman–Crippen MR) is 299 cm³/mol. The Morgan fingerprint density at radius 2 is 0.891 bits per heavy atom. The number of unbranched alkanes of at least 4 members (excludes halogenated alkanes) is 9. The summed E-state index contributed by atoms with van der Waals surface area (Å²) in [5.41, 5.74) is 8.67. The second-order valence-corrected chi connectivity index (χ2v) is 42.1. The van der Waals surface area contributed by atoms with E-state index in [1.54, 1.807) is 0 Å². The summed E-state index contributed by atoms with van der Waals surface area (Å²) < 4.78 is 19.0. The van der Waals surface area contributed by atoms with E-state index in [1.807, 2.05) is 22.7 Å². The summed E-state index contributed by atoms with van der Waals surface area (Å²) in [4.78, 5) is 0. The molecule has 1 atom stereocenters. The minimum Gasteiger partial charge on any atom is -0.456 e. The maximum absolute atomic E-state index is 7.00. The van der Waals surface area contributed by atoms with E-state index in [0.717, 1.165) is 0 Å². The lowest BCUT2D eigenvalue weighted by molar-refractivity contribution is 0.505. The first-order valence-corrected chi connectivity index (χ1v) is 39.4. The van der Waals surface area contributed by atoms with Crippen molar-refractivity contribution in [2.24, 2.45) is 0 Å². The van der Waals surface area contributed by atoms with Crippen LogP contribution in [0.15, 0.2) is 97.1 Å². The molecule has 0 fully saturated rings. The predicted octanol–water partition coefficient (Wildman–Crippen LogP) is 19.7. The standard InChI is InChI=1S/C56H78O2S2Si4/c1-12-13-14-17-21-24-56(64(10,11)58-62(5,6)7)45-31-29-44(30-32-45)47-34-36-49-51-41-54-50(40-55(51)60-53(49)39-47)48-35-33-46(38-52(48)59-54)43-27-25-42(26-28-43)23-20-18-15-16-19-22-37-63(8,9)57-61(2,3)4/h25-36,38-41,56H,12-24,37H2,1-11H3. The van der Waals surface area contributed by atoms with Crippen LogP contribution in [0.5, 0.6) is 0 Å². The van der Waals surface area contributed by atoms with Gasteiger partial charge in [0.25, 0.3) is 0 Å². The number of hydrogen-bond acceptors (Lipinski definition) is 4. The van der Waals surface area contributed by atoms with Crippen LogP contribution in [0.1, 0.15) is 101 Å². The zero-order valence-corrected chi connectivity index (χ0v) is 47.0. The van der Waals surface area contributed by atoms with Gasteiger partial charge in [-0.3, -0.25) is 0 Å². The molecule has 0 saturated carbocycles. The Bertz CT molecular complexity index is 2610. The highest BCUT2D eigenvalue weighted by molar-refractivity contribution is 7.27. The van der Waals surface area contributed by atoms with Gasteiger partial charge in [0.15, 0.2) is 33.3 Å². The van der Waals surface area contributed by atoms with Crippen molar-refractivity contribution in [2.45, 2.75) is 167 Å². The number of thiophene rings is 2. The first kappa shape index (κ1) is 49.2. The zero-order chi connectivity index (χ0) is 45.7.